The first kappa shape index (κ1) is 27.3. The van der Waals surface area contributed by atoms with Crippen LogP contribution in [0.15, 0.2) is 72.8 Å². The molecule has 0 aliphatic heterocycles. The van der Waals surface area contributed by atoms with Crippen LogP contribution in [0, 0.1) is 0 Å². The van der Waals surface area contributed by atoms with Gasteiger partial charge in [-0.2, -0.15) is 0 Å². The van der Waals surface area contributed by atoms with Gasteiger partial charge in [0.25, 0.3) is 5.91 Å². The van der Waals surface area contributed by atoms with Gasteiger partial charge in [0, 0.05) is 29.1 Å². The largest absolute Gasteiger partial charge is 0.482 e. The summed E-state index contributed by atoms with van der Waals surface area (Å²) in [4.78, 5) is 28.9. The fourth-order valence-electron chi connectivity index (χ4n) is 4.55. The lowest BCUT2D eigenvalue weighted by molar-refractivity contribution is -0.143. The Morgan fingerprint density at radius 2 is 1.62 bits per heavy atom. The van der Waals surface area contributed by atoms with E-state index in [-0.39, 0.29) is 31.0 Å². The Hall–Kier alpha value is -2.73. The topological polar surface area (TPSA) is 58.6 Å². The van der Waals surface area contributed by atoms with E-state index < -0.39 is 6.04 Å². The zero-order valence-corrected chi connectivity index (χ0v) is 22.6. The molecule has 3 aromatic carbocycles. The molecular formula is C29H29Cl3N2O3. The minimum Gasteiger partial charge on any atom is -0.482 e. The molecule has 0 unspecified atom stereocenters. The lowest BCUT2D eigenvalue weighted by atomic mass is 10.0. The molecule has 0 aromatic heterocycles. The second-order valence-corrected chi connectivity index (χ2v) is 10.4. The molecule has 1 aliphatic rings. The highest BCUT2D eigenvalue weighted by atomic mass is 35.5. The Labute approximate surface area is 232 Å². The van der Waals surface area contributed by atoms with Crippen LogP contribution in [0.3, 0.4) is 0 Å². The summed E-state index contributed by atoms with van der Waals surface area (Å²) in [7, 11) is 0. The summed E-state index contributed by atoms with van der Waals surface area (Å²) < 4.78 is 5.77. The third-order valence-corrected chi connectivity index (χ3v) is 7.42. The third kappa shape index (κ3) is 7.64. The molecule has 1 saturated carbocycles. The average molecular weight is 560 g/mol. The van der Waals surface area contributed by atoms with E-state index in [1.807, 2.05) is 48.5 Å². The molecule has 0 heterocycles. The Morgan fingerprint density at radius 3 is 2.32 bits per heavy atom. The molecule has 1 fully saturated rings. The van der Waals surface area contributed by atoms with E-state index in [0.717, 1.165) is 36.8 Å². The molecule has 8 heteroatoms. The zero-order chi connectivity index (χ0) is 26.2. The Bertz CT molecular complexity index is 1220. The van der Waals surface area contributed by atoms with Crippen LogP contribution in [0.1, 0.15) is 36.8 Å². The molecular weight excluding hydrogens is 531 g/mol. The van der Waals surface area contributed by atoms with E-state index in [9.17, 15) is 9.59 Å². The normalized spacial score (nSPS) is 14.2. The summed E-state index contributed by atoms with van der Waals surface area (Å²) in [5.41, 5.74) is 1.70. The quantitative estimate of drug-likeness (QED) is 0.300. The molecule has 2 amide bonds. The maximum atomic E-state index is 13.7. The van der Waals surface area contributed by atoms with E-state index in [1.54, 1.807) is 29.2 Å². The first-order valence-electron chi connectivity index (χ1n) is 12.4. The summed E-state index contributed by atoms with van der Waals surface area (Å²) in [6.07, 6.45) is 4.43. The molecule has 37 heavy (non-hydrogen) atoms. The van der Waals surface area contributed by atoms with Gasteiger partial charge in [-0.25, -0.2) is 0 Å². The maximum Gasteiger partial charge on any atom is 0.261 e. The highest BCUT2D eigenvalue weighted by Crippen LogP contribution is 2.28. The van der Waals surface area contributed by atoms with E-state index in [1.165, 1.54) is 0 Å². The summed E-state index contributed by atoms with van der Waals surface area (Å²) in [6, 6.07) is 21.2. The number of halogens is 3. The monoisotopic (exact) mass is 558 g/mol. The Balaban J connectivity index is 1.63. The van der Waals surface area contributed by atoms with E-state index in [0.29, 0.717) is 27.2 Å². The van der Waals surface area contributed by atoms with Gasteiger partial charge in [0.15, 0.2) is 6.61 Å². The predicted octanol–water partition coefficient (Wildman–Crippen LogP) is 6.72. The molecule has 0 spiro atoms. The summed E-state index contributed by atoms with van der Waals surface area (Å²) in [5, 5.41) is 4.48. The summed E-state index contributed by atoms with van der Waals surface area (Å²) in [5.74, 6) is -0.193. The molecule has 1 aliphatic carbocycles. The van der Waals surface area contributed by atoms with Crippen LogP contribution in [-0.4, -0.2) is 35.4 Å². The molecule has 3 aromatic rings. The van der Waals surface area contributed by atoms with Crippen molar-refractivity contribution in [2.45, 2.75) is 50.7 Å². The van der Waals surface area contributed by atoms with Gasteiger partial charge < -0.3 is 15.0 Å². The van der Waals surface area contributed by atoms with Crippen molar-refractivity contribution in [3.8, 4) is 5.75 Å². The lowest BCUT2D eigenvalue weighted by Crippen LogP contribution is -2.53. The summed E-state index contributed by atoms with van der Waals surface area (Å²) >= 11 is 18.7. The molecule has 0 bridgehead atoms. The Kier molecular flexibility index (Phi) is 9.73. The van der Waals surface area contributed by atoms with Crippen LogP contribution in [0.2, 0.25) is 15.1 Å². The van der Waals surface area contributed by atoms with Gasteiger partial charge in [0.2, 0.25) is 5.91 Å². The van der Waals surface area contributed by atoms with Crippen LogP contribution in [0.4, 0.5) is 0 Å². The molecule has 5 nitrogen and oxygen atoms in total. The van der Waals surface area contributed by atoms with Crippen LogP contribution < -0.4 is 10.1 Å². The van der Waals surface area contributed by atoms with Gasteiger partial charge in [0.05, 0.1) is 5.02 Å². The van der Waals surface area contributed by atoms with E-state index >= 15 is 0 Å². The van der Waals surface area contributed by atoms with Gasteiger partial charge in [-0.15, -0.1) is 0 Å². The molecule has 0 saturated heterocycles. The fourth-order valence-corrected chi connectivity index (χ4v) is 5.20. The first-order chi connectivity index (χ1) is 17.9. The van der Waals surface area contributed by atoms with Crippen molar-refractivity contribution >= 4 is 46.6 Å². The van der Waals surface area contributed by atoms with Crippen molar-refractivity contribution < 1.29 is 14.3 Å². The maximum absolute atomic E-state index is 13.7. The number of carbonyl (C=O) groups excluding carboxylic acids is 2. The third-order valence-electron chi connectivity index (χ3n) is 6.52. The molecule has 1 N–H and O–H groups in total. The lowest BCUT2D eigenvalue weighted by Gasteiger charge is -2.32. The Morgan fingerprint density at radius 1 is 0.919 bits per heavy atom. The first-order valence-corrected chi connectivity index (χ1v) is 13.5. The average Bonchev–Trinajstić information content (AvgIpc) is 3.40. The minimum atomic E-state index is -0.754. The number of hydrogen-bond acceptors (Lipinski definition) is 3. The van der Waals surface area contributed by atoms with Crippen LogP contribution >= 0.6 is 34.8 Å². The number of ether oxygens (including phenoxy) is 1. The van der Waals surface area contributed by atoms with Crippen molar-refractivity contribution in [1.82, 2.24) is 10.2 Å². The number of nitrogens with one attached hydrogen (secondary N) is 1. The van der Waals surface area contributed by atoms with Crippen molar-refractivity contribution in [3.05, 3.63) is 99.0 Å². The van der Waals surface area contributed by atoms with Crippen LogP contribution in [0.25, 0.3) is 0 Å². The second kappa shape index (κ2) is 13.2. The minimum absolute atomic E-state index is 0.118. The van der Waals surface area contributed by atoms with Gasteiger partial charge in [-0.1, -0.05) is 96.2 Å². The summed E-state index contributed by atoms with van der Waals surface area (Å²) in [6.45, 7) is -0.139. The molecule has 1 atom stereocenters. The highest BCUT2D eigenvalue weighted by molar-refractivity contribution is 6.35. The van der Waals surface area contributed by atoms with Gasteiger partial charge in [-0.05, 0) is 48.2 Å². The number of hydrogen-bond donors (Lipinski definition) is 1. The van der Waals surface area contributed by atoms with Crippen molar-refractivity contribution in [2.24, 2.45) is 0 Å². The molecule has 4 rings (SSSR count). The van der Waals surface area contributed by atoms with Crippen LogP contribution in [0.5, 0.6) is 5.75 Å². The van der Waals surface area contributed by atoms with Crippen molar-refractivity contribution in [1.29, 1.82) is 0 Å². The highest BCUT2D eigenvalue weighted by Gasteiger charge is 2.32. The molecule has 194 valence electrons. The van der Waals surface area contributed by atoms with Crippen molar-refractivity contribution in [3.63, 3.8) is 0 Å². The van der Waals surface area contributed by atoms with Gasteiger partial charge in [-0.3, -0.25) is 9.59 Å². The fraction of sp³-hybridized carbons (Fsp3) is 0.310. The predicted molar refractivity (Wildman–Crippen MR) is 148 cm³/mol. The number of carbonyl (C=O) groups is 2. The van der Waals surface area contributed by atoms with Crippen molar-refractivity contribution in [2.75, 3.05) is 6.61 Å². The molecule has 0 radical (unpaired) electrons. The number of rotatable bonds is 10. The van der Waals surface area contributed by atoms with Crippen LogP contribution in [-0.2, 0) is 22.6 Å². The number of amides is 2. The van der Waals surface area contributed by atoms with Gasteiger partial charge >= 0.3 is 0 Å². The SMILES string of the molecule is O=C(NC1CCCC1)[C@@H](Cc1ccccc1)N(Cc1ccccc1Cl)C(=O)COc1ccc(Cl)cc1Cl. The zero-order valence-electron chi connectivity index (χ0n) is 20.3. The second-order valence-electron chi connectivity index (χ2n) is 9.17. The smallest absolute Gasteiger partial charge is 0.261 e. The van der Waals surface area contributed by atoms with E-state index in [4.69, 9.17) is 39.5 Å². The number of benzene rings is 3. The van der Waals surface area contributed by atoms with Gasteiger partial charge in [0.1, 0.15) is 11.8 Å². The van der Waals surface area contributed by atoms with E-state index in [2.05, 4.69) is 5.32 Å². The standard InChI is InChI=1S/C29H29Cl3N2O3/c30-22-14-15-27(25(32)17-22)37-19-28(35)34(18-21-10-4-7-13-24(21)31)26(16-20-8-2-1-3-9-20)29(36)33-23-11-5-6-12-23/h1-4,7-10,13-15,17,23,26H,5-6,11-12,16,18-19H2,(H,33,36)/t26-/m1/s1. The number of nitrogens with zero attached hydrogens (tertiary/aromatic N) is 1.